The number of benzene rings is 2. The van der Waals surface area contributed by atoms with Crippen LogP contribution < -0.4 is 5.32 Å². The van der Waals surface area contributed by atoms with Crippen LogP contribution in [0.4, 0.5) is 5.69 Å². The Hall–Kier alpha value is -1.75. The zero-order chi connectivity index (χ0) is 16.1. The maximum Gasteiger partial charge on any atom is 0.0791 e. The van der Waals surface area contributed by atoms with Gasteiger partial charge in [0.25, 0.3) is 0 Å². The van der Waals surface area contributed by atoms with Gasteiger partial charge in [0, 0.05) is 45.8 Å². The van der Waals surface area contributed by atoms with Gasteiger partial charge in [-0.1, -0.05) is 29.3 Å². The lowest BCUT2D eigenvalue weighted by atomic mass is 10.2. The van der Waals surface area contributed by atoms with Crippen LogP contribution in [0.2, 0.25) is 5.02 Å². The fourth-order valence-corrected chi connectivity index (χ4v) is 2.92. The number of nitrogens with one attached hydrogen (secondary N) is 1. The molecular weight excluding hydrogens is 328 g/mol. The topological polar surface area (TPSA) is 34.1 Å². The van der Waals surface area contributed by atoms with E-state index in [4.69, 9.17) is 15.8 Å². The summed E-state index contributed by atoms with van der Waals surface area (Å²) in [5, 5.41) is 5.13. The number of rotatable bonds is 6. The van der Waals surface area contributed by atoms with E-state index < -0.39 is 0 Å². The lowest BCUT2D eigenvalue weighted by Crippen LogP contribution is -2.07. The first-order valence-electron chi connectivity index (χ1n) is 7.37. The third kappa shape index (κ3) is 4.38. The summed E-state index contributed by atoms with van der Waals surface area (Å²) < 4.78 is 5.63. The van der Waals surface area contributed by atoms with Crippen molar-refractivity contribution in [3.8, 4) is 0 Å². The second kappa shape index (κ2) is 7.68. The molecule has 3 rings (SSSR count). The van der Waals surface area contributed by atoms with Gasteiger partial charge >= 0.3 is 0 Å². The summed E-state index contributed by atoms with van der Waals surface area (Å²) in [4.78, 5) is 5.44. The third-order valence-corrected chi connectivity index (χ3v) is 4.37. The van der Waals surface area contributed by atoms with Crippen LogP contribution in [0.15, 0.2) is 59.6 Å². The molecule has 118 valence electrons. The minimum Gasteiger partial charge on any atom is -0.382 e. The predicted molar refractivity (Wildman–Crippen MR) is 98.2 cm³/mol. The van der Waals surface area contributed by atoms with Crippen LogP contribution >= 0.6 is 23.6 Å². The lowest BCUT2D eigenvalue weighted by molar-refractivity contribution is 0.392. The van der Waals surface area contributed by atoms with Crippen molar-refractivity contribution >= 4 is 40.2 Å². The van der Waals surface area contributed by atoms with E-state index in [1.807, 2.05) is 24.3 Å². The smallest absolute Gasteiger partial charge is 0.0791 e. The number of anilines is 1. The molecule has 0 bridgehead atoms. The Morgan fingerprint density at radius 3 is 2.78 bits per heavy atom. The Bertz CT molecular complexity index is 793. The van der Waals surface area contributed by atoms with E-state index in [0.717, 1.165) is 28.0 Å². The molecule has 23 heavy (non-hydrogen) atoms. The highest BCUT2D eigenvalue weighted by Crippen LogP contribution is 2.24. The molecular formula is C18H17ClN2OS. The number of pyridine rings is 1. The van der Waals surface area contributed by atoms with Gasteiger partial charge in [-0.15, -0.1) is 0 Å². The Kier molecular flexibility index (Phi) is 5.39. The van der Waals surface area contributed by atoms with Gasteiger partial charge in [0.2, 0.25) is 0 Å². The van der Waals surface area contributed by atoms with Gasteiger partial charge in [0.05, 0.1) is 12.1 Å². The molecule has 0 aliphatic heterocycles. The Morgan fingerprint density at radius 2 is 1.96 bits per heavy atom. The summed E-state index contributed by atoms with van der Waals surface area (Å²) in [6.07, 6.45) is 1.78. The van der Waals surface area contributed by atoms with Crippen molar-refractivity contribution in [2.75, 3.05) is 18.5 Å². The maximum absolute atomic E-state index is 6.00. The molecule has 3 aromatic rings. The summed E-state index contributed by atoms with van der Waals surface area (Å²) in [7, 11) is 0. The number of halogens is 1. The van der Waals surface area contributed by atoms with E-state index in [0.29, 0.717) is 11.6 Å². The van der Waals surface area contributed by atoms with E-state index >= 15 is 0 Å². The van der Waals surface area contributed by atoms with Crippen molar-refractivity contribution in [1.29, 1.82) is 0 Å². The lowest BCUT2D eigenvalue weighted by Gasteiger charge is -2.09. The zero-order valence-corrected chi connectivity index (χ0v) is 14.3. The molecule has 0 unspecified atom stereocenters. The maximum atomic E-state index is 6.00. The van der Waals surface area contributed by atoms with Crippen molar-refractivity contribution < 1.29 is 4.18 Å². The number of aryl methyl sites for hydroxylation is 1. The van der Waals surface area contributed by atoms with Crippen molar-refractivity contribution in [3.05, 3.63) is 65.3 Å². The highest BCUT2D eigenvalue weighted by Gasteiger charge is 2.02. The molecule has 1 N–H and O–H groups in total. The van der Waals surface area contributed by atoms with Crippen LogP contribution in [0.5, 0.6) is 0 Å². The molecule has 0 amide bonds. The molecule has 0 spiro atoms. The minimum atomic E-state index is 0.607. The number of hydrogen-bond donors (Lipinski definition) is 1. The molecule has 0 saturated carbocycles. The summed E-state index contributed by atoms with van der Waals surface area (Å²) in [6, 6.07) is 16.0. The summed E-state index contributed by atoms with van der Waals surface area (Å²) in [6.45, 7) is 3.40. The fraction of sp³-hybridized carbons (Fsp3) is 0.167. The van der Waals surface area contributed by atoms with Gasteiger partial charge in [0.1, 0.15) is 0 Å². The van der Waals surface area contributed by atoms with Crippen molar-refractivity contribution in [2.24, 2.45) is 0 Å². The summed E-state index contributed by atoms with van der Waals surface area (Å²) in [5.41, 5.74) is 3.17. The number of fused-ring (bicyclic) bond motifs is 1. The van der Waals surface area contributed by atoms with Gasteiger partial charge in [-0.2, -0.15) is 0 Å². The number of aromatic nitrogens is 1. The van der Waals surface area contributed by atoms with Crippen molar-refractivity contribution in [2.45, 2.75) is 11.8 Å². The van der Waals surface area contributed by atoms with Gasteiger partial charge in [-0.25, -0.2) is 0 Å². The first-order chi connectivity index (χ1) is 11.2. The minimum absolute atomic E-state index is 0.607. The Morgan fingerprint density at radius 1 is 1.13 bits per heavy atom. The van der Waals surface area contributed by atoms with E-state index in [1.165, 1.54) is 17.6 Å². The SMILES string of the molecule is Cc1ccc(SOCCNc2ccnc3cc(Cl)ccc23)cc1. The van der Waals surface area contributed by atoms with Crippen LogP contribution in [0.3, 0.4) is 0 Å². The van der Waals surface area contributed by atoms with E-state index in [-0.39, 0.29) is 0 Å². The van der Waals surface area contributed by atoms with Crippen LogP contribution in [-0.2, 0) is 4.18 Å². The molecule has 0 saturated heterocycles. The molecule has 0 aliphatic rings. The normalized spacial score (nSPS) is 10.9. The first-order valence-corrected chi connectivity index (χ1v) is 8.48. The standard InChI is InChI=1S/C18H17ClN2OS/c1-13-2-5-15(6-3-13)23-22-11-10-21-17-8-9-20-18-12-14(19)4-7-16(17)18/h2-9,12H,10-11H2,1H3,(H,20,21). The van der Waals surface area contributed by atoms with E-state index in [1.54, 1.807) is 6.20 Å². The average molecular weight is 345 g/mol. The molecule has 0 radical (unpaired) electrons. The number of nitrogens with zero attached hydrogens (tertiary/aromatic N) is 1. The largest absolute Gasteiger partial charge is 0.382 e. The number of hydrogen-bond acceptors (Lipinski definition) is 4. The predicted octanol–water partition coefficient (Wildman–Crippen LogP) is 5.33. The fourth-order valence-electron chi connectivity index (χ4n) is 2.21. The quantitative estimate of drug-likeness (QED) is 0.484. The van der Waals surface area contributed by atoms with Gasteiger partial charge in [-0.3, -0.25) is 4.98 Å². The van der Waals surface area contributed by atoms with Crippen LogP contribution in [-0.4, -0.2) is 18.1 Å². The summed E-state index contributed by atoms with van der Waals surface area (Å²) >= 11 is 7.40. The molecule has 0 atom stereocenters. The van der Waals surface area contributed by atoms with Gasteiger partial charge in [-0.05, 0) is 43.3 Å². The third-order valence-electron chi connectivity index (χ3n) is 3.38. The van der Waals surface area contributed by atoms with Crippen molar-refractivity contribution in [3.63, 3.8) is 0 Å². The Balaban J connectivity index is 1.52. The molecule has 0 fully saturated rings. The van der Waals surface area contributed by atoms with E-state index in [9.17, 15) is 0 Å². The molecule has 3 nitrogen and oxygen atoms in total. The van der Waals surface area contributed by atoms with Crippen LogP contribution in [0.25, 0.3) is 10.9 Å². The van der Waals surface area contributed by atoms with Crippen molar-refractivity contribution in [1.82, 2.24) is 4.98 Å². The molecule has 1 aromatic heterocycles. The first kappa shape index (κ1) is 16.1. The Labute approximate surface area is 145 Å². The van der Waals surface area contributed by atoms with Gasteiger partial charge in [0.15, 0.2) is 0 Å². The molecule has 0 aliphatic carbocycles. The second-order valence-electron chi connectivity index (χ2n) is 5.17. The highest BCUT2D eigenvalue weighted by molar-refractivity contribution is 7.94. The molecule has 1 heterocycles. The summed E-state index contributed by atoms with van der Waals surface area (Å²) in [5.74, 6) is 0. The average Bonchev–Trinajstić information content (AvgIpc) is 2.56. The zero-order valence-electron chi connectivity index (χ0n) is 12.8. The van der Waals surface area contributed by atoms with E-state index in [2.05, 4.69) is 41.5 Å². The monoisotopic (exact) mass is 344 g/mol. The van der Waals surface area contributed by atoms with Gasteiger partial charge < -0.3 is 9.50 Å². The highest BCUT2D eigenvalue weighted by atomic mass is 35.5. The molecule has 2 aromatic carbocycles. The second-order valence-corrected chi connectivity index (χ2v) is 6.48. The van der Waals surface area contributed by atoms with Crippen LogP contribution in [0, 0.1) is 6.92 Å². The van der Waals surface area contributed by atoms with Crippen LogP contribution in [0.1, 0.15) is 5.56 Å². The molecule has 5 heteroatoms.